The molecule has 0 spiro atoms. The monoisotopic (exact) mass is 583 g/mol. The molecule has 4 rings (SSSR count). The molecule has 3 aromatic rings. The number of hydrogen-bond acceptors (Lipinski definition) is 5. The standard InChI is InChI=1S/C28H31F6N5O2/c1-37(2)11-12-39(17-19-16-36-23-6-4-3-5-22(19)23)26(41)24(38-9-7-35-8-10-38)25(40)18-13-20(27(29,30)31)15-21(14-18)28(32,33)34/h3-6,13-16,24,35-36H,7-12,17H2,1-2H3. The van der Waals surface area contributed by atoms with Gasteiger partial charge in [0.2, 0.25) is 5.91 Å². The maximum atomic E-state index is 14.2. The molecular weight excluding hydrogens is 552 g/mol. The van der Waals surface area contributed by atoms with Crippen LogP contribution in [0.15, 0.2) is 48.7 Å². The van der Waals surface area contributed by atoms with Crippen LogP contribution < -0.4 is 5.32 Å². The van der Waals surface area contributed by atoms with Gasteiger partial charge in [-0.05, 0) is 43.9 Å². The first-order valence-electron chi connectivity index (χ1n) is 13.0. The third-order valence-electron chi connectivity index (χ3n) is 7.04. The van der Waals surface area contributed by atoms with Crippen LogP contribution in [0.2, 0.25) is 0 Å². The van der Waals surface area contributed by atoms with Crippen molar-refractivity contribution in [1.82, 2.24) is 25.0 Å². The molecule has 7 nitrogen and oxygen atoms in total. The second-order valence-electron chi connectivity index (χ2n) is 10.3. The van der Waals surface area contributed by atoms with Crippen LogP contribution in [-0.4, -0.2) is 90.8 Å². The minimum atomic E-state index is -5.13. The van der Waals surface area contributed by atoms with Crippen molar-refractivity contribution in [2.75, 3.05) is 53.4 Å². The van der Waals surface area contributed by atoms with E-state index in [0.717, 1.165) is 16.5 Å². The minimum absolute atomic E-state index is 0.0289. The Kier molecular flexibility index (Phi) is 9.10. The topological polar surface area (TPSA) is 71.7 Å². The number of benzene rings is 2. The van der Waals surface area contributed by atoms with Gasteiger partial charge >= 0.3 is 12.4 Å². The van der Waals surface area contributed by atoms with Gasteiger partial charge in [-0.25, -0.2) is 0 Å². The van der Waals surface area contributed by atoms with Crippen LogP contribution in [0.5, 0.6) is 0 Å². The third-order valence-corrected chi connectivity index (χ3v) is 7.04. The van der Waals surface area contributed by atoms with Gasteiger partial charge in [0.15, 0.2) is 11.8 Å². The lowest BCUT2D eigenvalue weighted by Crippen LogP contribution is -2.58. The SMILES string of the molecule is CN(C)CCN(Cc1c[nH]c2ccccc12)C(=O)C(C(=O)c1cc(C(F)(F)F)cc(C(F)(F)F)c1)N1CCNCC1. The lowest BCUT2D eigenvalue weighted by molar-refractivity contribution is -0.143. The molecule has 13 heteroatoms. The number of H-pyrrole nitrogens is 1. The summed E-state index contributed by atoms with van der Waals surface area (Å²) in [6, 6.07) is 6.58. The summed E-state index contributed by atoms with van der Waals surface area (Å²) in [4.78, 5) is 35.9. The molecule has 2 heterocycles. The van der Waals surface area contributed by atoms with Gasteiger partial charge in [0.25, 0.3) is 0 Å². The van der Waals surface area contributed by atoms with Crippen LogP contribution in [-0.2, 0) is 23.7 Å². The van der Waals surface area contributed by atoms with Gasteiger partial charge in [0, 0.05) is 68.5 Å². The Hall–Kier alpha value is -3.42. The molecule has 41 heavy (non-hydrogen) atoms. The largest absolute Gasteiger partial charge is 0.416 e. The number of nitrogens with zero attached hydrogens (tertiary/aromatic N) is 3. The number of ketones is 1. The summed E-state index contributed by atoms with van der Waals surface area (Å²) < 4.78 is 81.5. The summed E-state index contributed by atoms with van der Waals surface area (Å²) in [5.41, 5.74) is -2.43. The maximum absolute atomic E-state index is 14.2. The quantitative estimate of drug-likeness (QED) is 0.224. The van der Waals surface area contributed by atoms with E-state index < -0.39 is 46.8 Å². The van der Waals surface area contributed by atoms with E-state index in [1.54, 1.807) is 20.3 Å². The second kappa shape index (κ2) is 12.2. The summed E-state index contributed by atoms with van der Waals surface area (Å²) in [7, 11) is 3.60. The normalized spacial score (nSPS) is 15.8. The number of hydrogen-bond donors (Lipinski definition) is 2. The summed E-state index contributed by atoms with van der Waals surface area (Å²) in [6.45, 7) is 1.89. The third kappa shape index (κ3) is 7.27. The van der Waals surface area contributed by atoms with Gasteiger partial charge in [-0.15, -0.1) is 0 Å². The molecule has 2 aromatic carbocycles. The first-order chi connectivity index (χ1) is 19.3. The number of halogens is 6. The minimum Gasteiger partial charge on any atom is -0.361 e. The van der Waals surface area contributed by atoms with E-state index in [1.165, 1.54) is 9.80 Å². The van der Waals surface area contributed by atoms with Crippen molar-refractivity contribution in [3.05, 3.63) is 70.9 Å². The van der Waals surface area contributed by atoms with Gasteiger partial charge < -0.3 is 20.1 Å². The first kappa shape index (κ1) is 30.5. The molecule has 1 amide bonds. The molecule has 0 radical (unpaired) electrons. The fourth-order valence-corrected chi connectivity index (χ4v) is 4.86. The molecule has 1 unspecified atom stereocenters. The Morgan fingerprint density at radius 3 is 2.12 bits per heavy atom. The molecule has 1 aromatic heterocycles. The summed E-state index contributed by atoms with van der Waals surface area (Å²) >= 11 is 0. The number of fused-ring (bicyclic) bond motifs is 1. The number of carbonyl (C=O) groups excluding carboxylic acids is 2. The van der Waals surface area contributed by atoms with E-state index in [2.05, 4.69) is 10.3 Å². The molecule has 0 saturated carbocycles. The highest BCUT2D eigenvalue weighted by atomic mass is 19.4. The van der Waals surface area contributed by atoms with Gasteiger partial charge in [0.1, 0.15) is 0 Å². The zero-order valence-corrected chi connectivity index (χ0v) is 22.6. The van der Waals surface area contributed by atoms with Crippen molar-refractivity contribution >= 4 is 22.6 Å². The number of nitrogens with one attached hydrogen (secondary N) is 2. The lowest BCUT2D eigenvalue weighted by Gasteiger charge is -2.36. The smallest absolute Gasteiger partial charge is 0.361 e. The van der Waals surface area contributed by atoms with Crippen molar-refractivity contribution in [2.24, 2.45) is 0 Å². The molecule has 1 saturated heterocycles. The molecule has 1 aliphatic heterocycles. The highest BCUT2D eigenvalue weighted by Gasteiger charge is 2.41. The van der Waals surface area contributed by atoms with Crippen LogP contribution >= 0.6 is 0 Å². The average Bonchev–Trinajstić information content (AvgIpc) is 3.33. The predicted molar refractivity (Wildman–Crippen MR) is 141 cm³/mol. The number of likely N-dealkylation sites (N-methyl/N-ethyl adjacent to an activating group) is 1. The Morgan fingerprint density at radius 2 is 1.54 bits per heavy atom. The highest BCUT2D eigenvalue weighted by molar-refractivity contribution is 6.13. The summed E-state index contributed by atoms with van der Waals surface area (Å²) in [5.74, 6) is -1.79. The number of rotatable bonds is 9. The molecule has 2 N–H and O–H groups in total. The van der Waals surface area contributed by atoms with E-state index in [0.29, 0.717) is 31.8 Å². The van der Waals surface area contributed by atoms with Crippen molar-refractivity contribution in [2.45, 2.75) is 24.9 Å². The number of piperazine rings is 1. The van der Waals surface area contributed by atoms with Crippen LogP contribution in [0.25, 0.3) is 10.9 Å². The number of Topliss-reactive ketones (excluding diaryl/α,β-unsaturated/α-hetero) is 1. The zero-order chi connectivity index (χ0) is 29.9. The van der Waals surface area contributed by atoms with E-state index in [-0.39, 0.29) is 32.2 Å². The molecule has 0 bridgehead atoms. The Balaban J connectivity index is 1.77. The molecule has 1 aliphatic rings. The number of aromatic amines is 1. The number of para-hydroxylation sites is 1. The fourth-order valence-electron chi connectivity index (χ4n) is 4.86. The predicted octanol–water partition coefficient (Wildman–Crippen LogP) is 4.25. The number of amides is 1. The van der Waals surface area contributed by atoms with E-state index in [4.69, 9.17) is 0 Å². The van der Waals surface area contributed by atoms with Gasteiger partial charge in [-0.3, -0.25) is 14.5 Å². The number of aromatic nitrogens is 1. The first-order valence-corrected chi connectivity index (χ1v) is 13.0. The Bertz CT molecular complexity index is 1350. The summed E-state index contributed by atoms with van der Waals surface area (Å²) in [6.07, 6.45) is -8.51. The molecule has 222 valence electrons. The maximum Gasteiger partial charge on any atom is 0.416 e. The number of alkyl halides is 6. The lowest BCUT2D eigenvalue weighted by atomic mass is 9.96. The number of carbonyl (C=O) groups is 2. The van der Waals surface area contributed by atoms with Crippen molar-refractivity contribution in [3.8, 4) is 0 Å². The van der Waals surface area contributed by atoms with E-state index in [9.17, 15) is 35.9 Å². The van der Waals surface area contributed by atoms with Gasteiger partial charge in [-0.1, -0.05) is 18.2 Å². The molecular formula is C28H31F6N5O2. The highest BCUT2D eigenvalue weighted by Crippen LogP contribution is 2.37. The van der Waals surface area contributed by atoms with Crippen LogP contribution in [0.4, 0.5) is 26.3 Å². The second-order valence-corrected chi connectivity index (χ2v) is 10.3. The van der Waals surface area contributed by atoms with Gasteiger partial charge in [-0.2, -0.15) is 26.3 Å². The van der Waals surface area contributed by atoms with Crippen LogP contribution in [0.1, 0.15) is 27.0 Å². The van der Waals surface area contributed by atoms with Crippen molar-refractivity contribution in [1.29, 1.82) is 0 Å². The van der Waals surface area contributed by atoms with E-state index >= 15 is 0 Å². The molecule has 1 atom stereocenters. The summed E-state index contributed by atoms with van der Waals surface area (Å²) in [5, 5.41) is 3.94. The zero-order valence-electron chi connectivity index (χ0n) is 22.6. The molecule has 1 fully saturated rings. The van der Waals surface area contributed by atoms with Crippen LogP contribution in [0, 0.1) is 0 Å². The fraction of sp³-hybridized carbons (Fsp3) is 0.429. The van der Waals surface area contributed by atoms with Crippen LogP contribution in [0.3, 0.4) is 0 Å². The van der Waals surface area contributed by atoms with Gasteiger partial charge in [0.05, 0.1) is 11.1 Å². The van der Waals surface area contributed by atoms with Crippen molar-refractivity contribution < 1.29 is 35.9 Å². The molecule has 0 aliphatic carbocycles. The Labute approximate surface area is 233 Å². The Morgan fingerprint density at radius 1 is 0.927 bits per heavy atom. The van der Waals surface area contributed by atoms with E-state index in [1.807, 2.05) is 29.2 Å². The average molecular weight is 584 g/mol. The van der Waals surface area contributed by atoms with Crippen molar-refractivity contribution in [3.63, 3.8) is 0 Å².